The standard InChI is InChI=1S/C18H15N3O/c1-13-4-2-5-14(10-13)17-8-7-15(11-20-17)18(22)21-16-6-3-9-19-12-16/h2-12H,1H3,(H,21,22). The number of hydrogen-bond acceptors (Lipinski definition) is 3. The van der Waals surface area contributed by atoms with Gasteiger partial charge in [-0.05, 0) is 37.3 Å². The largest absolute Gasteiger partial charge is 0.321 e. The topological polar surface area (TPSA) is 54.9 Å². The van der Waals surface area contributed by atoms with Gasteiger partial charge in [-0.3, -0.25) is 14.8 Å². The molecule has 0 aliphatic heterocycles. The molecule has 2 heterocycles. The van der Waals surface area contributed by atoms with Crippen molar-refractivity contribution in [3.63, 3.8) is 0 Å². The summed E-state index contributed by atoms with van der Waals surface area (Å²) in [7, 11) is 0. The molecule has 2 aromatic heterocycles. The second kappa shape index (κ2) is 6.18. The van der Waals surface area contributed by atoms with E-state index >= 15 is 0 Å². The van der Waals surface area contributed by atoms with E-state index in [4.69, 9.17) is 0 Å². The van der Waals surface area contributed by atoms with Crippen LogP contribution < -0.4 is 5.32 Å². The quantitative estimate of drug-likeness (QED) is 0.799. The molecule has 0 aliphatic carbocycles. The fourth-order valence-corrected chi connectivity index (χ4v) is 2.14. The molecule has 1 N–H and O–H groups in total. The number of carbonyl (C=O) groups is 1. The molecule has 0 spiro atoms. The first-order chi connectivity index (χ1) is 10.7. The number of nitrogens with one attached hydrogen (secondary N) is 1. The monoisotopic (exact) mass is 289 g/mol. The highest BCUT2D eigenvalue weighted by molar-refractivity contribution is 6.04. The van der Waals surface area contributed by atoms with Crippen molar-refractivity contribution >= 4 is 11.6 Å². The number of anilines is 1. The van der Waals surface area contributed by atoms with Crippen LogP contribution >= 0.6 is 0 Å². The van der Waals surface area contributed by atoms with Crippen molar-refractivity contribution < 1.29 is 4.79 Å². The van der Waals surface area contributed by atoms with Crippen LogP contribution in [0.4, 0.5) is 5.69 Å². The number of carbonyl (C=O) groups excluding carboxylic acids is 1. The van der Waals surface area contributed by atoms with Gasteiger partial charge in [-0.2, -0.15) is 0 Å². The van der Waals surface area contributed by atoms with Gasteiger partial charge in [-0.25, -0.2) is 0 Å². The number of pyridine rings is 2. The number of benzene rings is 1. The summed E-state index contributed by atoms with van der Waals surface area (Å²) in [6, 6.07) is 15.3. The summed E-state index contributed by atoms with van der Waals surface area (Å²) in [4.78, 5) is 20.5. The van der Waals surface area contributed by atoms with Gasteiger partial charge in [0.2, 0.25) is 0 Å². The van der Waals surface area contributed by atoms with Gasteiger partial charge < -0.3 is 5.32 Å². The van der Waals surface area contributed by atoms with Gasteiger partial charge in [0.15, 0.2) is 0 Å². The Kier molecular flexibility index (Phi) is 3.92. The van der Waals surface area contributed by atoms with Crippen molar-refractivity contribution in [2.45, 2.75) is 6.92 Å². The zero-order valence-electron chi connectivity index (χ0n) is 12.2. The van der Waals surface area contributed by atoms with Gasteiger partial charge in [0, 0.05) is 18.0 Å². The van der Waals surface area contributed by atoms with Crippen LogP contribution in [0.25, 0.3) is 11.3 Å². The third-order valence-corrected chi connectivity index (χ3v) is 3.26. The minimum Gasteiger partial charge on any atom is -0.321 e. The minimum atomic E-state index is -0.198. The third-order valence-electron chi connectivity index (χ3n) is 3.26. The molecule has 0 atom stereocenters. The van der Waals surface area contributed by atoms with E-state index in [-0.39, 0.29) is 5.91 Å². The molecule has 1 amide bonds. The molecule has 0 unspecified atom stereocenters. The molecule has 0 saturated heterocycles. The van der Waals surface area contributed by atoms with E-state index < -0.39 is 0 Å². The fraction of sp³-hybridized carbons (Fsp3) is 0.0556. The van der Waals surface area contributed by atoms with Gasteiger partial charge in [0.25, 0.3) is 5.91 Å². The van der Waals surface area contributed by atoms with E-state index in [1.807, 2.05) is 31.2 Å². The van der Waals surface area contributed by atoms with E-state index in [0.29, 0.717) is 11.3 Å². The second-order valence-electron chi connectivity index (χ2n) is 5.00. The van der Waals surface area contributed by atoms with Crippen molar-refractivity contribution in [1.82, 2.24) is 9.97 Å². The van der Waals surface area contributed by atoms with E-state index in [0.717, 1.165) is 11.3 Å². The Balaban J connectivity index is 1.78. The molecule has 0 saturated carbocycles. The Morgan fingerprint density at radius 2 is 1.95 bits per heavy atom. The summed E-state index contributed by atoms with van der Waals surface area (Å²) in [5, 5.41) is 2.79. The minimum absolute atomic E-state index is 0.198. The van der Waals surface area contributed by atoms with E-state index in [1.54, 1.807) is 36.8 Å². The van der Waals surface area contributed by atoms with E-state index in [1.165, 1.54) is 5.56 Å². The zero-order chi connectivity index (χ0) is 15.4. The second-order valence-corrected chi connectivity index (χ2v) is 5.00. The summed E-state index contributed by atoms with van der Waals surface area (Å²) in [5.41, 5.74) is 4.24. The molecule has 108 valence electrons. The lowest BCUT2D eigenvalue weighted by atomic mass is 10.1. The lowest BCUT2D eigenvalue weighted by Crippen LogP contribution is -2.12. The molecule has 1 aromatic carbocycles. The summed E-state index contributed by atoms with van der Waals surface area (Å²) in [6.45, 7) is 2.04. The van der Waals surface area contributed by atoms with Gasteiger partial charge in [0.1, 0.15) is 0 Å². The molecule has 0 fully saturated rings. The summed E-state index contributed by atoms with van der Waals surface area (Å²) < 4.78 is 0. The third kappa shape index (κ3) is 3.17. The normalized spacial score (nSPS) is 10.2. The fourth-order valence-electron chi connectivity index (χ4n) is 2.14. The van der Waals surface area contributed by atoms with Crippen LogP contribution in [0.2, 0.25) is 0 Å². The SMILES string of the molecule is Cc1cccc(-c2ccc(C(=O)Nc3cccnc3)cn2)c1. The van der Waals surface area contributed by atoms with Crippen LogP contribution in [0.3, 0.4) is 0 Å². The van der Waals surface area contributed by atoms with Crippen molar-refractivity contribution in [3.8, 4) is 11.3 Å². The van der Waals surface area contributed by atoms with Gasteiger partial charge in [0.05, 0.1) is 23.1 Å². The first-order valence-corrected chi connectivity index (χ1v) is 6.97. The van der Waals surface area contributed by atoms with Gasteiger partial charge in [-0.15, -0.1) is 0 Å². The zero-order valence-corrected chi connectivity index (χ0v) is 12.2. The van der Waals surface area contributed by atoms with Gasteiger partial charge >= 0.3 is 0 Å². The van der Waals surface area contributed by atoms with Crippen molar-refractivity contribution in [1.29, 1.82) is 0 Å². The molecule has 4 nitrogen and oxygen atoms in total. The maximum absolute atomic E-state index is 12.1. The van der Waals surface area contributed by atoms with Crippen LogP contribution in [0.15, 0.2) is 67.1 Å². The molecule has 3 rings (SSSR count). The van der Waals surface area contributed by atoms with Crippen LogP contribution in [-0.2, 0) is 0 Å². The molecule has 0 radical (unpaired) electrons. The van der Waals surface area contributed by atoms with Crippen LogP contribution in [0.5, 0.6) is 0 Å². The highest BCUT2D eigenvalue weighted by Gasteiger charge is 2.07. The lowest BCUT2D eigenvalue weighted by molar-refractivity contribution is 0.102. The van der Waals surface area contributed by atoms with E-state index in [2.05, 4.69) is 21.4 Å². The average molecular weight is 289 g/mol. The molecule has 4 heteroatoms. The van der Waals surface area contributed by atoms with Crippen LogP contribution in [0.1, 0.15) is 15.9 Å². The first-order valence-electron chi connectivity index (χ1n) is 6.97. The molecule has 0 bridgehead atoms. The highest BCUT2D eigenvalue weighted by atomic mass is 16.1. The number of hydrogen-bond donors (Lipinski definition) is 1. The first kappa shape index (κ1) is 13.9. The predicted molar refractivity (Wildman–Crippen MR) is 86.6 cm³/mol. The Morgan fingerprint density at radius 3 is 2.64 bits per heavy atom. The Morgan fingerprint density at radius 1 is 1.05 bits per heavy atom. The van der Waals surface area contributed by atoms with Crippen LogP contribution in [-0.4, -0.2) is 15.9 Å². The predicted octanol–water partition coefficient (Wildman–Crippen LogP) is 3.70. The maximum atomic E-state index is 12.1. The summed E-state index contributed by atoms with van der Waals surface area (Å²) >= 11 is 0. The maximum Gasteiger partial charge on any atom is 0.257 e. The smallest absolute Gasteiger partial charge is 0.257 e. The van der Waals surface area contributed by atoms with Crippen molar-refractivity contribution in [3.05, 3.63) is 78.2 Å². The average Bonchev–Trinajstić information content (AvgIpc) is 2.56. The Hall–Kier alpha value is -3.01. The number of aryl methyl sites for hydroxylation is 1. The summed E-state index contributed by atoms with van der Waals surface area (Å²) in [5.74, 6) is -0.198. The van der Waals surface area contributed by atoms with Crippen molar-refractivity contribution in [2.75, 3.05) is 5.32 Å². The number of nitrogens with zero attached hydrogens (tertiary/aromatic N) is 2. The number of amides is 1. The van der Waals surface area contributed by atoms with E-state index in [9.17, 15) is 4.79 Å². The number of aromatic nitrogens is 2. The van der Waals surface area contributed by atoms with Crippen molar-refractivity contribution in [2.24, 2.45) is 0 Å². The number of rotatable bonds is 3. The molecular weight excluding hydrogens is 274 g/mol. The molecule has 22 heavy (non-hydrogen) atoms. The highest BCUT2D eigenvalue weighted by Crippen LogP contribution is 2.18. The Bertz CT molecular complexity index is 783. The Labute approximate surface area is 128 Å². The molecular formula is C18H15N3O. The lowest BCUT2D eigenvalue weighted by Gasteiger charge is -2.06. The summed E-state index contributed by atoms with van der Waals surface area (Å²) in [6.07, 6.45) is 4.85. The molecule has 3 aromatic rings. The van der Waals surface area contributed by atoms with Crippen LogP contribution in [0, 0.1) is 6.92 Å². The van der Waals surface area contributed by atoms with Gasteiger partial charge in [-0.1, -0.05) is 23.8 Å². The molecule has 0 aliphatic rings.